The third kappa shape index (κ3) is 11.1. The number of hydrogen-bond donors (Lipinski definition) is 3. The summed E-state index contributed by atoms with van der Waals surface area (Å²) in [5, 5.41) is 5.66. The molecule has 3 aromatic rings. The monoisotopic (exact) mass is 842 g/mol. The van der Waals surface area contributed by atoms with E-state index in [-0.39, 0.29) is 24.8 Å². The zero-order valence-electron chi connectivity index (χ0n) is 34.7. The fraction of sp³-hybridized carbons (Fsp3) is 0.600. The van der Waals surface area contributed by atoms with Crippen LogP contribution in [-0.2, 0) is 35.9 Å². The number of carbonyl (C=O) groups excluding carboxylic acids is 4. The van der Waals surface area contributed by atoms with Crippen molar-refractivity contribution in [3.63, 3.8) is 0 Å². The van der Waals surface area contributed by atoms with Crippen LogP contribution in [0.4, 0.5) is 4.79 Å². The van der Waals surface area contributed by atoms with E-state index in [1.807, 2.05) is 41.8 Å². The Labute approximate surface area is 345 Å². The number of primary amides is 1. The van der Waals surface area contributed by atoms with Gasteiger partial charge in [0.1, 0.15) is 34.3 Å². The number of carbonyl (C=O) groups is 4. The number of ether oxygens (including phenoxy) is 2. The summed E-state index contributed by atoms with van der Waals surface area (Å²) < 4.78 is 40.9. The second kappa shape index (κ2) is 18.6. The zero-order chi connectivity index (χ0) is 42.5. The lowest BCUT2D eigenvalue weighted by atomic mass is 10.0. The van der Waals surface area contributed by atoms with Gasteiger partial charge in [-0.25, -0.2) is 14.5 Å². The van der Waals surface area contributed by atoms with Crippen molar-refractivity contribution in [2.24, 2.45) is 17.6 Å². The maximum Gasteiger partial charge on any atom is 0.408 e. The minimum atomic E-state index is -3.82. The van der Waals surface area contributed by atoms with Crippen LogP contribution in [0.2, 0.25) is 0 Å². The first kappa shape index (κ1) is 44.6. The van der Waals surface area contributed by atoms with Gasteiger partial charge in [-0.15, -0.1) is 11.3 Å². The molecule has 1 aliphatic carbocycles. The van der Waals surface area contributed by atoms with Crippen molar-refractivity contribution in [1.29, 1.82) is 0 Å². The van der Waals surface area contributed by atoms with Gasteiger partial charge in [0, 0.05) is 43.9 Å². The Morgan fingerprint density at radius 3 is 2.48 bits per heavy atom. The number of nitrogens with zero attached hydrogens (tertiary/aromatic N) is 5. The summed E-state index contributed by atoms with van der Waals surface area (Å²) in [5.74, 6) is -1.72. The largest absolute Gasteiger partial charge is 0.459 e. The smallest absolute Gasteiger partial charge is 0.408 e. The van der Waals surface area contributed by atoms with Gasteiger partial charge in [-0.1, -0.05) is 44.9 Å². The number of nitrogens with one attached hydrogen (secondary N) is 2. The Bertz CT molecular complexity index is 2110. The van der Waals surface area contributed by atoms with Crippen LogP contribution < -0.4 is 20.5 Å². The van der Waals surface area contributed by atoms with E-state index >= 15 is 0 Å². The van der Waals surface area contributed by atoms with Gasteiger partial charge in [-0.3, -0.25) is 19.0 Å². The molecule has 1 saturated carbocycles. The van der Waals surface area contributed by atoms with Gasteiger partial charge in [0.2, 0.25) is 17.7 Å². The molecule has 2 aliphatic rings. The normalized spacial score (nSPS) is 20.2. The first-order valence-corrected chi connectivity index (χ1v) is 22.2. The minimum Gasteiger partial charge on any atom is -0.459 e. The number of rotatable bonds is 18. The Balaban J connectivity index is 1.22. The topological polar surface area (TPSA) is 208 Å². The highest BCUT2D eigenvalue weighted by Crippen LogP contribution is 2.40. The predicted molar refractivity (Wildman–Crippen MR) is 222 cm³/mol. The molecule has 18 heteroatoms. The molecular formula is C40H58N8O8S2. The van der Waals surface area contributed by atoms with Crippen molar-refractivity contribution in [3.8, 4) is 16.6 Å². The van der Waals surface area contributed by atoms with Crippen LogP contribution in [-0.4, -0.2) is 100 Å². The summed E-state index contributed by atoms with van der Waals surface area (Å²) in [4.78, 5) is 63.4. The fourth-order valence-electron chi connectivity index (χ4n) is 6.90. The Hall–Kier alpha value is -4.55. The van der Waals surface area contributed by atoms with E-state index in [2.05, 4.69) is 29.3 Å². The summed E-state index contributed by atoms with van der Waals surface area (Å²) in [6, 6.07) is 4.37. The van der Waals surface area contributed by atoms with Crippen LogP contribution in [0.1, 0.15) is 98.1 Å². The van der Waals surface area contributed by atoms with E-state index in [0.29, 0.717) is 37.7 Å². The highest BCUT2D eigenvalue weighted by Gasteiger charge is 2.44. The number of hydrogen-bond acceptors (Lipinski definition) is 11. The summed E-state index contributed by atoms with van der Waals surface area (Å²) >= 11 is 1.57. The number of nitrogens with two attached hydrogens (primary N) is 1. The number of alkyl carbamates (subject to hydrolysis) is 1. The van der Waals surface area contributed by atoms with Crippen molar-refractivity contribution in [1.82, 2.24) is 33.8 Å². The van der Waals surface area contributed by atoms with E-state index in [9.17, 15) is 27.6 Å². The van der Waals surface area contributed by atoms with Crippen LogP contribution in [0.5, 0.6) is 6.01 Å². The van der Waals surface area contributed by atoms with Gasteiger partial charge < -0.3 is 25.4 Å². The molecule has 58 heavy (non-hydrogen) atoms. The number of amides is 4. The lowest BCUT2D eigenvalue weighted by Crippen LogP contribution is -2.53. The number of aryl methyl sites for hydroxylation is 1. The lowest BCUT2D eigenvalue weighted by Gasteiger charge is -2.28. The molecule has 1 saturated heterocycles. The standard InChI is InChI=1S/C40H58N8O8S2/c1-9-47-31-19-15-17-27(36-42-30(23-57-36)24(2)3)33(31)44-38(47)55-26-21-32(34(41)49)48(22-26)37(51)29(43-39(52)56-40(4,5)6)18-14-12-10-11-13-16-25-20-28(25)35(50)45-58(53,54)46(7)8/h13,15-17,19,23-26,28-29,32H,9-12,14,18,20-22H2,1-8H3,(H2,41,49)(H,43,52)(H,45,50)/b16-13-/t25-,26-,28+,29+,32+/m1/s1. The molecule has 16 nitrogen and oxygen atoms in total. The van der Waals surface area contributed by atoms with Crippen molar-refractivity contribution in [2.75, 3.05) is 20.6 Å². The third-order valence-electron chi connectivity index (χ3n) is 10.2. The van der Waals surface area contributed by atoms with Gasteiger partial charge in [0.05, 0.1) is 17.8 Å². The second-order valence-corrected chi connectivity index (χ2v) is 19.2. The first-order valence-electron chi connectivity index (χ1n) is 19.9. The summed E-state index contributed by atoms with van der Waals surface area (Å²) in [6.07, 6.45) is 6.46. The SMILES string of the molecule is CCn1c(O[C@@H]2C[C@@H](C(N)=O)N(C(=O)[C@H](CCCCC/C=C\[C@@H]3C[C@@H]3C(=O)NS(=O)(=O)N(C)C)NC(=O)OC(C)(C)C)C2)nc2c(-c3nc(C(C)C)cs3)cccc21. The minimum absolute atomic E-state index is 0.0101. The van der Waals surface area contributed by atoms with Crippen molar-refractivity contribution >= 4 is 56.4 Å². The number of aromatic nitrogens is 3. The molecule has 1 aromatic carbocycles. The van der Waals surface area contributed by atoms with Gasteiger partial charge in [0.15, 0.2) is 0 Å². The molecule has 2 aromatic heterocycles. The van der Waals surface area contributed by atoms with Crippen molar-refractivity contribution < 1.29 is 37.1 Å². The molecule has 3 heterocycles. The highest BCUT2D eigenvalue weighted by atomic mass is 32.2. The van der Waals surface area contributed by atoms with E-state index in [0.717, 1.165) is 50.9 Å². The number of benzene rings is 1. The number of fused-ring (bicyclic) bond motifs is 1. The maximum atomic E-state index is 14.2. The van der Waals surface area contributed by atoms with E-state index in [1.54, 1.807) is 32.1 Å². The quantitative estimate of drug-likeness (QED) is 0.114. The summed E-state index contributed by atoms with van der Waals surface area (Å²) in [5.41, 5.74) is 8.60. The van der Waals surface area contributed by atoms with Gasteiger partial charge in [-0.2, -0.15) is 17.7 Å². The highest BCUT2D eigenvalue weighted by molar-refractivity contribution is 7.87. The molecule has 2 fully saturated rings. The molecule has 5 atom stereocenters. The van der Waals surface area contributed by atoms with Crippen molar-refractivity contribution in [3.05, 3.63) is 41.4 Å². The molecule has 4 N–H and O–H groups in total. The molecule has 0 unspecified atom stereocenters. The molecule has 4 amide bonds. The molecule has 318 valence electrons. The maximum absolute atomic E-state index is 14.2. The molecular weight excluding hydrogens is 785 g/mol. The first-order chi connectivity index (χ1) is 27.3. The Morgan fingerprint density at radius 1 is 1.10 bits per heavy atom. The average Bonchev–Trinajstić information content (AvgIpc) is 3.42. The summed E-state index contributed by atoms with van der Waals surface area (Å²) in [7, 11) is -1.11. The van der Waals surface area contributed by atoms with Crippen LogP contribution in [0.3, 0.4) is 0 Å². The number of thiazole rings is 1. The molecule has 5 rings (SSSR count). The van der Waals surface area contributed by atoms with Crippen LogP contribution in [0.25, 0.3) is 21.6 Å². The number of likely N-dealkylation sites (tertiary alicyclic amines) is 1. The van der Waals surface area contributed by atoms with Crippen LogP contribution in [0.15, 0.2) is 35.7 Å². The molecule has 1 aliphatic heterocycles. The number of para-hydroxylation sites is 1. The van der Waals surface area contributed by atoms with Crippen LogP contribution in [0, 0.1) is 11.8 Å². The van der Waals surface area contributed by atoms with Crippen LogP contribution >= 0.6 is 11.3 Å². The average molecular weight is 843 g/mol. The number of allylic oxidation sites excluding steroid dienone is 2. The zero-order valence-corrected chi connectivity index (χ0v) is 36.3. The van der Waals surface area contributed by atoms with Gasteiger partial charge >= 0.3 is 16.3 Å². The van der Waals surface area contributed by atoms with Gasteiger partial charge in [0.25, 0.3) is 6.01 Å². The predicted octanol–water partition coefficient (Wildman–Crippen LogP) is 5.10. The molecule has 0 radical (unpaired) electrons. The van der Waals surface area contributed by atoms with E-state index < -0.39 is 57.8 Å². The third-order valence-corrected chi connectivity index (χ3v) is 12.5. The Morgan fingerprint density at radius 2 is 1.84 bits per heavy atom. The summed E-state index contributed by atoms with van der Waals surface area (Å²) in [6.45, 7) is 12.0. The number of imidazole rings is 1. The molecule has 0 spiro atoms. The second-order valence-electron chi connectivity index (χ2n) is 16.5. The fourth-order valence-corrected chi connectivity index (χ4v) is 8.50. The van der Waals surface area contributed by atoms with E-state index in [4.69, 9.17) is 25.2 Å². The molecule has 0 bridgehead atoms. The van der Waals surface area contributed by atoms with Gasteiger partial charge in [-0.05, 0) is 77.3 Å². The lowest BCUT2D eigenvalue weighted by molar-refractivity contribution is -0.139. The van der Waals surface area contributed by atoms with E-state index in [1.165, 1.54) is 19.0 Å². The Kier molecular flexibility index (Phi) is 14.3. The van der Waals surface area contributed by atoms with Crippen molar-refractivity contribution in [2.45, 2.75) is 123 Å². The number of unbranched alkanes of at least 4 members (excludes halogenated alkanes) is 3.